The molecule has 1 aliphatic rings. The molecular formula is C17H18FNO3S. The Hall–Kier alpha value is -1.92. The van der Waals surface area contributed by atoms with E-state index in [9.17, 15) is 17.9 Å². The summed E-state index contributed by atoms with van der Waals surface area (Å²) >= 11 is 0. The van der Waals surface area contributed by atoms with Gasteiger partial charge >= 0.3 is 0 Å². The molecular weight excluding hydrogens is 317 g/mol. The minimum atomic E-state index is -3.88. The zero-order valence-corrected chi connectivity index (χ0v) is 13.6. The van der Waals surface area contributed by atoms with Gasteiger partial charge in [-0.3, -0.25) is 0 Å². The second-order valence-electron chi connectivity index (χ2n) is 5.85. The molecule has 0 aliphatic carbocycles. The lowest BCUT2D eigenvalue weighted by Crippen LogP contribution is -2.20. The predicted molar refractivity (Wildman–Crippen MR) is 84.9 cm³/mol. The lowest BCUT2D eigenvalue weighted by molar-refractivity contribution is 0.352. The Balaban J connectivity index is 2.08. The fourth-order valence-electron chi connectivity index (χ4n) is 2.81. The Morgan fingerprint density at radius 3 is 2.22 bits per heavy atom. The van der Waals surface area contributed by atoms with Gasteiger partial charge in [0.2, 0.25) is 9.84 Å². The molecule has 0 fully saturated rings. The van der Waals surface area contributed by atoms with Gasteiger partial charge in [-0.25, -0.2) is 12.8 Å². The predicted octanol–water partition coefficient (Wildman–Crippen LogP) is 2.39. The Labute approximate surface area is 135 Å². The van der Waals surface area contributed by atoms with Crippen LogP contribution < -0.4 is 0 Å². The summed E-state index contributed by atoms with van der Waals surface area (Å²) < 4.78 is 38.4. The summed E-state index contributed by atoms with van der Waals surface area (Å²) in [4.78, 5) is 2.03. The van der Waals surface area contributed by atoms with Crippen LogP contribution in [0, 0.1) is 5.82 Å². The molecule has 0 aromatic heterocycles. The second-order valence-corrected chi connectivity index (χ2v) is 7.77. The molecule has 2 aromatic rings. The minimum absolute atomic E-state index is 0.0279. The molecule has 6 heteroatoms. The van der Waals surface area contributed by atoms with E-state index in [1.54, 1.807) is 12.1 Å². The number of hydrogen-bond donors (Lipinski definition) is 1. The number of rotatable bonds is 2. The van der Waals surface area contributed by atoms with E-state index < -0.39 is 15.7 Å². The smallest absolute Gasteiger partial charge is 0.210 e. The summed E-state index contributed by atoms with van der Waals surface area (Å²) in [6, 6.07) is 7.73. The van der Waals surface area contributed by atoms with Gasteiger partial charge in [0.05, 0.1) is 4.90 Å². The Bertz CT molecular complexity index is 832. The maximum Gasteiger partial charge on any atom is 0.210 e. The maximum atomic E-state index is 13.0. The van der Waals surface area contributed by atoms with Crippen molar-refractivity contribution in [2.24, 2.45) is 0 Å². The first-order valence-electron chi connectivity index (χ1n) is 7.42. The average molecular weight is 335 g/mol. The summed E-state index contributed by atoms with van der Waals surface area (Å²) in [5.74, 6) is -0.754. The van der Waals surface area contributed by atoms with Crippen molar-refractivity contribution in [3.63, 3.8) is 0 Å². The van der Waals surface area contributed by atoms with E-state index in [0.29, 0.717) is 0 Å². The first kappa shape index (κ1) is 16.0. The highest BCUT2D eigenvalue weighted by Gasteiger charge is 2.24. The van der Waals surface area contributed by atoms with Crippen LogP contribution in [-0.4, -0.2) is 38.6 Å². The molecule has 0 saturated heterocycles. The SMILES string of the molecule is CN1CCc2cc(O)c(S(=O)(=O)c3ccc(F)cc3)cc2CC1. The van der Waals surface area contributed by atoms with E-state index in [-0.39, 0.29) is 15.5 Å². The van der Waals surface area contributed by atoms with Gasteiger partial charge in [-0.15, -0.1) is 0 Å². The van der Waals surface area contributed by atoms with Crippen molar-refractivity contribution in [2.75, 3.05) is 20.1 Å². The molecule has 0 saturated carbocycles. The van der Waals surface area contributed by atoms with Gasteiger partial charge in [-0.05, 0) is 67.4 Å². The van der Waals surface area contributed by atoms with E-state index in [0.717, 1.165) is 49.2 Å². The highest BCUT2D eigenvalue weighted by atomic mass is 32.2. The standard InChI is InChI=1S/C17H18FNO3S/c1-19-8-6-12-10-16(20)17(11-13(12)7-9-19)23(21,22)15-4-2-14(18)3-5-15/h2-5,10-11,20H,6-9H2,1H3. The summed E-state index contributed by atoms with van der Waals surface area (Å²) in [6.07, 6.45) is 1.51. The number of sulfone groups is 1. The molecule has 1 aliphatic heterocycles. The van der Waals surface area contributed by atoms with E-state index >= 15 is 0 Å². The van der Waals surface area contributed by atoms with Gasteiger partial charge in [0.25, 0.3) is 0 Å². The van der Waals surface area contributed by atoms with Crippen LogP contribution in [-0.2, 0) is 22.7 Å². The molecule has 0 unspecified atom stereocenters. The summed E-state index contributed by atoms with van der Waals surface area (Å²) in [5, 5.41) is 10.2. The zero-order valence-electron chi connectivity index (χ0n) is 12.8. The van der Waals surface area contributed by atoms with Crippen LogP contribution in [0.5, 0.6) is 5.75 Å². The number of phenolic OH excluding ortho intramolecular Hbond substituents is 1. The first-order valence-corrected chi connectivity index (χ1v) is 8.90. The van der Waals surface area contributed by atoms with Crippen LogP contribution in [0.3, 0.4) is 0 Å². The van der Waals surface area contributed by atoms with Crippen LogP contribution in [0.25, 0.3) is 0 Å². The van der Waals surface area contributed by atoms with E-state index in [1.165, 1.54) is 12.1 Å². The van der Waals surface area contributed by atoms with Gasteiger partial charge in [0.1, 0.15) is 16.5 Å². The molecule has 3 rings (SSSR count). The fourth-order valence-corrected chi connectivity index (χ4v) is 4.19. The quantitative estimate of drug-likeness (QED) is 0.856. The summed E-state index contributed by atoms with van der Waals surface area (Å²) in [5.41, 5.74) is 1.91. The number of aromatic hydroxyl groups is 1. The van der Waals surface area contributed by atoms with Crippen molar-refractivity contribution in [1.29, 1.82) is 0 Å². The first-order chi connectivity index (χ1) is 10.9. The van der Waals surface area contributed by atoms with Crippen molar-refractivity contribution < 1.29 is 17.9 Å². The Kier molecular flexibility index (Phi) is 4.12. The number of nitrogens with zero attached hydrogens (tertiary/aromatic N) is 1. The van der Waals surface area contributed by atoms with Crippen LogP contribution in [0.4, 0.5) is 4.39 Å². The van der Waals surface area contributed by atoms with E-state index in [4.69, 9.17) is 0 Å². The van der Waals surface area contributed by atoms with Gasteiger partial charge < -0.3 is 10.0 Å². The second kappa shape index (κ2) is 5.94. The minimum Gasteiger partial charge on any atom is -0.507 e. The molecule has 0 atom stereocenters. The number of likely N-dealkylation sites (N-methyl/N-ethyl adjacent to an activating group) is 1. The molecule has 0 spiro atoms. The average Bonchev–Trinajstić information content (AvgIpc) is 2.69. The van der Waals surface area contributed by atoms with Gasteiger partial charge in [-0.2, -0.15) is 0 Å². The van der Waals surface area contributed by atoms with Crippen molar-refractivity contribution in [1.82, 2.24) is 4.90 Å². The number of hydrogen-bond acceptors (Lipinski definition) is 4. The normalized spacial score (nSPS) is 15.9. The Morgan fingerprint density at radius 1 is 1.04 bits per heavy atom. The number of phenols is 1. The monoisotopic (exact) mass is 335 g/mol. The molecule has 23 heavy (non-hydrogen) atoms. The lowest BCUT2D eigenvalue weighted by Gasteiger charge is -2.12. The third-order valence-corrected chi connectivity index (χ3v) is 6.02. The highest BCUT2D eigenvalue weighted by Crippen LogP contribution is 2.32. The highest BCUT2D eigenvalue weighted by molar-refractivity contribution is 7.91. The topological polar surface area (TPSA) is 57.6 Å². The van der Waals surface area contributed by atoms with Crippen LogP contribution in [0.1, 0.15) is 11.1 Å². The van der Waals surface area contributed by atoms with E-state index in [2.05, 4.69) is 4.90 Å². The van der Waals surface area contributed by atoms with Gasteiger partial charge in [0.15, 0.2) is 0 Å². The fraction of sp³-hybridized carbons (Fsp3) is 0.294. The molecule has 1 N–H and O–H groups in total. The van der Waals surface area contributed by atoms with Crippen LogP contribution in [0.2, 0.25) is 0 Å². The Morgan fingerprint density at radius 2 is 1.61 bits per heavy atom. The molecule has 1 heterocycles. The van der Waals surface area contributed by atoms with Crippen LogP contribution in [0.15, 0.2) is 46.2 Å². The number of halogens is 1. The molecule has 0 amide bonds. The van der Waals surface area contributed by atoms with Crippen molar-refractivity contribution in [2.45, 2.75) is 22.6 Å². The van der Waals surface area contributed by atoms with Gasteiger partial charge in [0, 0.05) is 13.1 Å². The number of fused-ring (bicyclic) bond motifs is 1. The van der Waals surface area contributed by atoms with Crippen molar-refractivity contribution in [3.05, 3.63) is 53.3 Å². The van der Waals surface area contributed by atoms with E-state index in [1.807, 2.05) is 7.05 Å². The lowest BCUT2D eigenvalue weighted by atomic mass is 10.0. The van der Waals surface area contributed by atoms with Crippen LogP contribution >= 0.6 is 0 Å². The molecule has 0 radical (unpaired) electrons. The maximum absolute atomic E-state index is 13.0. The largest absolute Gasteiger partial charge is 0.507 e. The molecule has 0 bridgehead atoms. The summed E-state index contributed by atoms with van der Waals surface area (Å²) in [7, 11) is -1.86. The van der Waals surface area contributed by atoms with Crippen molar-refractivity contribution in [3.8, 4) is 5.75 Å². The van der Waals surface area contributed by atoms with Gasteiger partial charge in [-0.1, -0.05) is 0 Å². The molecule has 4 nitrogen and oxygen atoms in total. The number of benzene rings is 2. The summed E-state index contributed by atoms with van der Waals surface area (Å²) in [6.45, 7) is 1.71. The molecule has 2 aromatic carbocycles. The third kappa shape index (κ3) is 3.09. The zero-order chi connectivity index (χ0) is 16.6. The molecule has 122 valence electrons. The third-order valence-electron chi connectivity index (χ3n) is 4.22. The van der Waals surface area contributed by atoms with Crippen molar-refractivity contribution >= 4 is 9.84 Å².